The highest BCUT2D eigenvalue weighted by molar-refractivity contribution is 7.17. The molecule has 1 amide bonds. The molecule has 4 rings (SSSR count). The zero-order valence-corrected chi connectivity index (χ0v) is 19.6. The van der Waals surface area contributed by atoms with E-state index in [-0.39, 0.29) is 17.7 Å². The van der Waals surface area contributed by atoms with Crippen LogP contribution in [0.2, 0.25) is 0 Å². The van der Waals surface area contributed by atoms with Crippen LogP contribution in [0, 0.1) is 30.6 Å². The van der Waals surface area contributed by atoms with Crippen LogP contribution in [0.15, 0.2) is 24.3 Å². The molecule has 32 heavy (non-hydrogen) atoms. The van der Waals surface area contributed by atoms with Gasteiger partial charge in [0.15, 0.2) is 0 Å². The zero-order valence-electron chi connectivity index (χ0n) is 18.8. The van der Waals surface area contributed by atoms with E-state index in [2.05, 4.69) is 19.2 Å². The number of aliphatic carboxylic acids is 1. The average Bonchev–Trinajstić information content (AvgIpc) is 3.46. The van der Waals surface area contributed by atoms with Crippen molar-refractivity contribution in [3.63, 3.8) is 0 Å². The first-order valence-corrected chi connectivity index (χ1v) is 11.9. The Morgan fingerprint density at radius 2 is 1.72 bits per heavy atom. The first kappa shape index (κ1) is 22.5. The van der Waals surface area contributed by atoms with Gasteiger partial charge in [-0.15, -0.1) is 11.3 Å². The third kappa shape index (κ3) is 3.83. The number of carbonyl (C=O) groups excluding carboxylic acids is 2. The molecular formula is C25H29NO5S. The second kappa shape index (κ2) is 8.70. The summed E-state index contributed by atoms with van der Waals surface area (Å²) in [6.45, 7) is 6.16. The van der Waals surface area contributed by atoms with E-state index < -0.39 is 23.8 Å². The summed E-state index contributed by atoms with van der Waals surface area (Å²) >= 11 is 1.33. The Hall–Kier alpha value is -2.67. The van der Waals surface area contributed by atoms with E-state index in [1.165, 1.54) is 24.0 Å². The van der Waals surface area contributed by atoms with Crippen LogP contribution in [-0.4, -0.2) is 30.1 Å². The summed E-state index contributed by atoms with van der Waals surface area (Å²) in [5, 5.41) is 13.0. The maximum Gasteiger partial charge on any atom is 0.341 e. The minimum absolute atomic E-state index is 0.0634. The number of hydrogen-bond acceptors (Lipinski definition) is 5. The summed E-state index contributed by atoms with van der Waals surface area (Å²) < 4.78 is 5.05. The second-order valence-corrected chi connectivity index (χ2v) is 10.4. The summed E-state index contributed by atoms with van der Waals surface area (Å²) in [4.78, 5) is 38.7. The summed E-state index contributed by atoms with van der Waals surface area (Å²) in [5.41, 5.74) is 3.16. The fraction of sp³-hybridized carbons (Fsp3) is 0.480. The fourth-order valence-electron chi connectivity index (χ4n) is 5.53. The molecule has 2 N–H and O–H groups in total. The summed E-state index contributed by atoms with van der Waals surface area (Å²) in [7, 11) is 1.32. The number of amides is 1. The molecule has 2 bridgehead atoms. The summed E-state index contributed by atoms with van der Waals surface area (Å²) in [6.07, 6.45) is 2.54. The number of carbonyl (C=O) groups is 3. The van der Waals surface area contributed by atoms with Gasteiger partial charge >= 0.3 is 11.9 Å². The van der Waals surface area contributed by atoms with Crippen LogP contribution in [0.5, 0.6) is 0 Å². The zero-order chi connectivity index (χ0) is 23.2. The third-order valence-corrected chi connectivity index (χ3v) is 8.10. The van der Waals surface area contributed by atoms with Gasteiger partial charge in [-0.25, -0.2) is 4.79 Å². The van der Waals surface area contributed by atoms with Crippen LogP contribution in [0.3, 0.4) is 0 Å². The molecule has 0 radical (unpaired) electrons. The number of fused-ring (bicyclic) bond motifs is 2. The van der Waals surface area contributed by atoms with Crippen molar-refractivity contribution in [1.82, 2.24) is 0 Å². The molecule has 2 aliphatic carbocycles. The lowest BCUT2D eigenvalue weighted by atomic mass is 9.78. The number of carboxylic acid groups (broad SMARTS) is 1. The van der Waals surface area contributed by atoms with Crippen molar-refractivity contribution in [3.05, 3.63) is 40.3 Å². The molecule has 4 atom stereocenters. The van der Waals surface area contributed by atoms with E-state index in [1.54, 1.807) is 0 Å². The van der Waals surface area contributed by atoms with Crippen molar-refractivity contribution in [1.29, 1.82) is 0 Å². The quantitative estimate of drug-likeness (QED) is 0.575. The number of benzene rings is 1. The van der Waals surface area contributed by atoms with Crippen LogP contribution >= 0.6 is 11.3 Å². The van der Waals surface area contributed by atoms with Gasteiger partial charge in [0.1, 0.15) is 10.6 Å². The molecule has 0 aliphatic heterocycles. The summed E-state index contributed by atoms with van der Waals surface area (Å²) in [5.74, 6) is -2.40. The van der Waals surface area contributed by atoms with E-state index in [4.69, 9.17) is 4.74 Å². The Kier molecular flexibility index (Phi) is 6.12. The van der Waals surface area contributed by atoms with Gasteiger partial charge < -0.3 is 15.2 Å². The topological polar surface area (TPSA) is 92.7 Å². The Morgan fingerprint density at radius 3 is 2.28 bits per heavy atom. The number of ether oxygens (including phenoxy) is 1. The van der Waals surface area contributed by atoms with Gasteiger partial charge in [-0.2, -0.15) is 0 Å². The number of methoxy groups -OCH3 is 1. The van der Waals surface area contributed by atoms with Crippen molar-refractivity contribution in [2.45, 2.75) is 46.0 Å². The van der Waals surface area contributed by atoms with Crippen LogP contribution in [0.4, 0.5) is 5.00 Å². The Bertz CT molecular complexity index is 1060. The minimum atomic E-state index is -0.904. The Labute approximate surface area is 192 Å². The first-order valence-electron chi connectivity index (χ1n) is 11.1. The van der Waals surface area contributed by atoms with Gasteiger partial charge in [0, 0.05) is 10.4 Å². The molecule has 2 saturated carbocycles. The van der Waals surface area contributed by atoms with Crippen molar-refractivity contribution in [2.75, 3.05) is 12.4 Å². The molecule has 2 aromatic rings. The predicted octanol–water partition coefficient (Wildman–Crippen LogP) is 5.32. The molecule has 6 nitrogen and oxygen atoms in total. The molecule has 2 fully saturated rings. The number of carboxylic acids is 1. The lowest BCUT2D eigenvalue weighted by molar-refractivity contribution is -0.148. The number of nitrogens with one attached hydrogen (secondary N) is 1. The van der Waals surface area contributed by atoms with Crippen LogP contribution in [0.1, 0.15) is 59.8 Å². The van der Waals surface area contributed by atoms with E-state index in [0.717, 1.165) is 35.3 Å². The average molecular weight is 456 g/mol. The second-order valence-electron chi connectivity index (χ2n) is 9.22. The lowest BCUT2D eigenvalue weighted by Gasteiger charge is -2.26. The molecule has 170 valence electrons. The van der Waals surface area contributed by atoms with Crippen molar-refractivity contribution < 1.29 is 24.2 Å². The normalized spacial score (nSPS) is 24.0. The number of aryl methyl sites for hydroxylation is 1. The number of anilines is 1. The van der Waals surface area contributed by atoms with Gasteiger partial charge in [-0.1, -0.05) is 38.1 Å². The van der Waals surface area contributed by atoms with Crippen LogP contribution in [0.25, 0.3) is 11.1 Å². The molecule has 0 saturated heterocycles. The van der Waals surface area contributed by atoms with Crippen molar-refractivity contribution in [2.24, 2.45) is 23.7 Å². The molecule has 0 unspecified atom stereocenters. The fourth-order valence-corrected chi connectivity index (χ4v) is 6.60. The maximum absolute atomic E-state index is 13.2. The lowest BCUT2D eigenvalue weighted by Crippen LogP contribution is -2.37. The summed E-state index contributed by atoms with van der Waals surface area (Å²) in [6, 6.07) is 8.06. The predicted molar refractivity (Wildman–Crippen MR) is 124 cm³/mol. The van der Waals surface area contributed by atoms with Gasteiger partial charge in [0.05, 0.1) is 18.9 Å². The Balaban J connectivity index is 1.69. The SMILES string of the molecule is COC(=O)c1c(NC(=O)[C@H]2[C@H]3CC[C@@H](C3)[C@@H]2C(=O)O)sc(C)c1-c1ccc(C(C)C)cc1. The molecule has 7 heteroatoms. The molecule has 1 aromatic heterocycles. The number of thiophene rings is 1. The minimum Gasteiger partial charge on any atom is -0.481 e. The highest BCUT2D eigenvalue weighted by Gasteiger charge is 2.54. The molecule has 1 heterocycles. The highest BCUT2D eigenvalue weighted by atomic mass is 32.1. The van der Waals surface area contributed by atoms with E-state index in [0.29, 0.717) is 16.5 Å². The molecule has 0 spiro atoms. The van der Waals surface area contributed by atoms with Gasteiger partial charge in [0.2, 0.25) is 5.91 Å². The van der Waals surface area contributed by atoms with Crippen LogP contribution < -0.4 is 5.32 Å². The van der Waals surface area contributed by atoms with Gasteiger partial charge in [0.25, 0.3) is 0 Å². The molecule has 1 aromatic carbocycles. The van der Waals surface area contributed by atoms with Crippen molar-refractivity contribution in [3.8, 4) is 11.1 Å². The number of esters is 1. The van der Waals surface area contributed by atoms with Crippen LogP contribution in [-0.2, 0) is 14.3 Å². The van der Waals surface area contributed by atoms with E-state index in [1.807, 2.05) is 31.2 Å². The molecular weight excluding hydrogens is 426 g/mol. The number of hydrogen-bond donors (Lipinski definition) is 2. The standard InChI is InChI=1S/C25H29NO5S/c1-12(2)14-5-7-15(8-6-14)18-13(3)32-23(21(18)25(30)31-4)26-22(27)19-16-9-10-17(11-16)20(19)24(28)29/h5-8,12,16-17,19-20H,9-11H2,1-4H3,(H,26,27)(H,28,29)/t16-,17-,19-,20-/m0/s1. The largest absolute Gasteiger partial charge is 0.481 e. The third-order valence-electron chi connectivity index (χ3n) is 7.08. The smallest absolute Gasteiger partial charge is 0.341 e. The van der Waals surface area contributed by atoms with Gasteiger partial charge in [-0.05, 0) is 55.1 Å². The highest BCUT2D eigenvalue weighted by Crippen LogP contribution is 2.53. The molecule has 2 aliphatic rings. The first-order chi connectivity index (χ1) is 15.2. The van der Waals surface area contributed by atoms with Crippen molar-refractivity contribution >= 4 is 34.2 Å². The Morgan fingerprint density at radius 1 is 1.09 bits per heavy atom. The van der Waals surface area contributed by atoms with Gasteiger partial charge in [-0.3, -0.25) is 9.59 Å². The van der Waals surface area contributed by atoms with E-state index in [9.17, 15) is 19.5 Å². The number of rotatable bonds is 6. The monoisotopic (exact) mass is 455 g/mol. The van der Waals surface area contributed by atoms with E-state index >= 15 is 0 Å². The maximum atomic E-state index is 13.2.